The molecule has 0 aliphatic rings. The summed E-state index contributed by atoms with van der Waals surface area (Å²) < 4.78 is 18.3. The molecule has 2 aromatic rings. The van der Waals surface area contributed by atoms with Gasteiger partial charge in [0.15, 0.2) is 0 Å². The van der Waals surface area contributed by atoms with Gasteiger partial charge in [-0.3, -0.25) is 9.59 Å². The van der Waals surface area contributed by atoms with E-state index in [0.717, 1.165) is 0 Å². The lowest BCUT2D eigenvalue weighted by Crippen LogP contribution is -2.36. The summed E-state index contributed by atoms with van der Waals surface area (Å²) in [5, 5.41) is 2.68. The van der Waals surface area contributed by atoms with Crippen LogP contribution in [0.2, 0.25) is 0 Å². The molecule has 0 heterocycles. The van der Waals surface area contributed by atoms with Gasteiger partial charge in [0.05, 0.1) is 7.11 Å². The minimum absolute atomic E-state index is 0.204. The van der Waals surface area contributed by atoms with Crippen LogP contribution < -0.4 is 15.0 Å². The smallest absolute Gasteiger partial charge is 0.244 e. The van der Waals surface area contributed by atoms with Crippen molar-refractivity contribution in [1.29, 1.82) is 0 Å². The fourth-order valence-corrected chi connectivity index (χ4v) is 2.05. The number of carbonyl (C=O) groups is 2. The van der Waals surface area contributed by atoms with E-state index in [-0.39, 0.29) is 18.4 Å². The van der Waals surface area contributed by atoms with Crippen LogP contribution in [0.3, 0.4) is 0 Å². The number of anilines is 2. The molecule has 0 aromatic heterocycles. The Kier molecular flexibility index (Phi) is 5.30. The number of hydrogen-bond donors (Lipinski definition) is 1. The van der Waals surface area contributed by atoms with Crippen LogP contribution in [0.5, 0.6) is 5.75 Å². The second-order valence-corrected chi connectivity index (χ2v) is 4.86. The van der Waals surface area contributed by atoms with Crippen LogP contribution in [0, 0.1) is 5.82 Å². The molecule has 5 nitrogen and oxygen atoms in total. The second-order valence-electron chi connectivity index (χ2n) is 4.86. The van der Waals surface area contributed by atoms with Crippen molar-refractivity contribution in [2.45, 2.75) is 6.92 Å². The highest BCUT2D eigenvalue weighted by Gasteiger charge is 2.16. The third-order valence-corrected chi connectivity index (χ3v) is 3.18. The van der Waals surface area contributed by atoms with Crippen LogP contribution in [0.1, 0.15) is 6.92 Å². The normalized spacial score (nSPS) is 10.0. The van der Waals surface area contributed by atoms with Gasteiger partial charge in [0.25, 0.3) is 0 Å². The molecule has 0 saturated heterocycles. The molecule has 2 rings (SSSR count). The molecule has 2 amide bonds. The molecule has 1 N–H and O–H groups in total. The highest BCUT2D eigenvalue weighted by molar-refractivity contribution is 6.01. The van der Waals surface area contributed by atoms with E-state index in [4.69, 9.17) is 4.74 Å². The number of hydrogen-bond acceptors (Lipinski definition) is 3. The van der Waals surface area contributed by atoms with Gasteiger partial charge < -0.3 is 15.0 Å². The summed E-state index contributed by atoms with van der Waals surface area (Å²) in [5.41, 5.74) is 0.918. The highest BCUT2D eigenvalue weighted by atomic mass is 19.1. The molecule has 2 aromatic carbocycles. The quantitative estimate of drug-likeness (QED) is 0.923. The van der Waals surface area contributed by atoms with Crippen LogP contribution in [-0.4, -0.2) is 25.5 Å². The fraction of sp³-hybridized carbons (Fsp3) is 0.176. The van der Waals surface area contributed by atoms with E-state index in [2.05, 4.69) is 5.32 Å². The van der Waals surface area contributed by atoms with Gasteiger partial charge in [0, 0.05) is 18.3 Å². The number of halogens is 1. The Balaban J connectivity index is 2.07. The average Bonchev–Trinajstić information content (AvgIpc) is 2.53. The number of ether oxygens (including phenoxy) is 1. The predicted octanol–water partition coefficient (Wildman–Crippen LogP) is 2.83. The van der Waals surface area contributed by atoms with Crippen LogP contribution in [0.15, 0.2) is 48.5 Å². The maximum absolute atomic E-state index is 13.3. The number of carbonyl (C=O) groups excluding carboxylic acids is 2. The number of benzene rings is 2. The standard InChI is InChI=1S/C17H17FN2O3/c1-12(21)20(15-5-3-4-13(18)10-15)11-17(22)19-14-6-8-16(23-2)9-7-14/h3-10H,11H2,1-2H3,(H,19,22). The first-order chi connectivity index (χ1) is 11.0. The summed E-state index contributed by atoms with van der Waals surface area (Å²) in [7, 11) is 1.55. The number of rotatable bonds is 5. The molecule has 0 radical (unpaired) electrons. The van der Waals surface area contributed by atoms with E-state index in [1.807, 2.05) is 0 Å². The molecule has 23 heavy (non-hydrogen) atoms. The van der Waals surface area contributed by atoms with Crippen LogP contribution in [-0.2, 0) is 9.59 Å². The molecule has 0 bridgehead atoms. The van der Waals surface area contributed by atoms with E-state index in [9.17, 15) is 14.0 Å². The largest absolute Gasteiger partial charge is 0.497 e. The summed E-state index contributed by atoms with van der Waals surface area (Å²) in [5.74, 6) is -0.521. The maximum Gasteiger partial charge on any atom is 0.244 e. The molecule has 0 aliphatic heterocycles. The highest BCUT2D eigenvalue weighted by Crippen LogP contribution is 2.17. The van der Waals surface area contributed by atoms with E-state index in [0.29, 0.717) is 17.1 Å². The Morgan fingerprint density at radius 2 is 1.87 bits per heavy atom. The van der Waals surface area contributed by atoms with Crippen molar-refractivity contribution in [3.8, 4) is 5.75 Å². The van der Waals surface area contributed by atoms with Gasteiger partial charge in [0.1, 0.15) is 18.1 Å². The van der Waals surface area contributed by atoms with Gasteiger partial charge in [-0.05, 0) is 42.5 Å². The van der Waals surface area contributed by atoms with E-state index in [1.54, 1.807) is 37.4 Å². The Labute approximate surface area is 133 Å². The van der Waals surface area contributed by atoms with Gasteiger partial charge in [0.2, 0.25) is 11.8 Å². The van der Waals surface area contributed by atoms with Crippen LogP contribution in [0.4, 0.5) is 15.8 Å². The zero-order valence-electron chi connectivity index (χ0n) is 12.9. The van der Waals surface area contributed by atoms with Gasteiger partial charge in [-0.2, -0.15) is 0 Å². The first-order valence-corrected chi connectivity index (χ1v) is 6.97. The third kappa shape index (κ3) is 4.54. The summed E-state index contributed by atoms with van der Waals surface area (Å²) in [6, 6.07) is 12.4. The zero-order valence-corrected chi connectivity index (χ0v) is 12.9. The SMILES string of the molecule is COc1ccc(NC(=O)CN(C(C)=O)c2cccc(F)c2)cc1. The van der Waals surface area contributed by atoms with E-state index in [1.165, 1.54) is 30.0 Å². The molecular weight excluding hydrogens is 299 g/mol. The van der Waals surface area contributed by atoms with Crippen LogP contribution >= 0.6 is 0 Å². The average molecular weight is 316 g/mol. The monoisotopic (exact) mass is 316 g/mol. The molecule has 0 atom stereocenters. The van der Waals surface area contributed by atoms with Crippen molar-refractivity contribution in [2.75, 3.05) is 23.9 Å². The first kappa shape index (κ1) is 16.5. The van der Waals surface area contributed by atoms with Gasteiger partial charge in [-0.15, -0.1) is 0 Å². The summed E-state index contributed by atoms with van der Waals surface area (Å²) in [6.07, 6.45) is 0. The summed E-state index contributed by atoms with van der Waals surface area (Å²) in [6.45, 7) is 1.12. The molecule has 0 saturated carbocycles. The number of methoxy groups -OCH3 is 1. The molecule has 0 unspecified atom stereocenters. The van der Waals surface area contributed by atoms with Gasteiger partial charge in [-0.25, -0.2) is 4.39 Å². The molecule has 0 spiro atoms. The lowest BCUT2D eigenvalue weighted by molar-refractivity contribution is -0.120. The molecule has 0 fully saturated rings. The maximum atomic E-state index is 13.3. The fourth-order valence-electron chi connectivity index (χ4n) is 2.05. The molecule has 6 heteroatoms. The van der Waals surface area contributed by atoms with E-state index >= 15 is 0 Å². The lowest BCUT2D eigenvalue weighted by atomic mass is 10.2. The first-order valence-electron chi connectivity index (χ1n) is 6.97. The van der Waals surface area contributed by atoms with E-state index < -0.39 is 5.82 Å². The summed E-state index contributed by atoms with van der Waals surface area (Å²) in [4.78, 5) is 25.1. The number of nitrogens with one attached hydrogen (secondary N) is 1. The van der Waals surface area contributed by atoms with Crippen molar-refractivity contribution in [3.05, 3.63) is 54.3 Å². The third-order valence-electron chi connectivity index (χ3n) is 3.18. The molecular formula is C17H17FN2O3. The van der Waals surface area contributed by atoms with Crippen molar-refractivity contribution in [2.24, 2.45) is 0 Å². The Morgan fingerprint density at radius 1 is 1.17 bits per heavy atom. The zero-order chi connectivity index (χ0) is 16.8. The van der Waals surface area contributed by atoms with Crippen molar-refractivity contribution in [1.82, 2.24) is 0 Å². The van der Waals surface area contributed by atoms with Crippen LogP contribution in [0.25, 0.3) is 0 Å². The lowest BCUT2D eigenvalue weighted by Gasteiger charge is -2.20. The minimum atomic E-state index is -0.468. The van der Waals surface area contributed by atoms with Gasteiger partial charge in [-0.1, -0.05) is 6.07 Å². The second kappa shape index (κ2) is 7.40. The predicted molar refractivity (Wildman–Crippen MR) is 86.1 cm³/mol. The Hall–Kier alpha value is -2.89. The Morgan fingerprint density at radius 3 is 2.43 bits per heavy atom. The van der Waals surface area contributed by atoms with Crippen molar-refractivity contribution < 1.29 is 18.7 Å². The number of nitrogens with zero attached hydrogens (tertiary/aromatic N) is 1. The van der Waals surface area contributed by atoms with Crippen molar-refractivity contribution in [3.63, 3.8) is 0 Å². The van der Waals surface area contributed by atoms with Gasteiger partial charge >= 0.3 is 0 Å². The molecule has 0 aliphatic carbocycles. The number of amides is 2. The molecule has 120 valence electrons. The Bertz CT molecular complexity index is 701. The van der Waals surface area contributed by atoms with Crippen molar-refractivity contribution >= 4 is 23.2 Å². The minimum Gasteiger partial charge on any atom is -0.497 e. The summed E-state index contributed by atoms with van der Waals surface area (Å²) >= 11 is 0. The topological polar surface area (TPSA) is 58.6 Å².